The molecule has 0 bridgehead atoms. The third kappa shape index (κ3) is 4.51. The Morgan fingerprint density at radius 3 is 2.32 bits per heavy atom. The molecule has 2 amide bonds. The summed E-state index contributed by atoms with van der Waals surface area (Å²) in [5.74, 6) is 0.357. The van der Waals surface area contributed by atoms with Crippen LogP contribution in [0.15, 0.2) is 48.5 Å². The average molecular weight is 481 g/mol. The molecular formula is C26H28N2O5S. The molecule has 1 saturated carbocycles. The first kappa shape index (κ1) is 22.8. The van der Waals surface area contributed by atoms with E-state index in [-0.39, 0.29) is 30.4 Å². The van der Waals surface area contributed by atoms with Crippen LogP contribution in [-0.2, 0) is 14.3 Å². The van der Waals surface area contributed by atoms with Gasteiger partial charge in [-0.1, -0.05) is 48.5 Å². The number of hydrogen-bond donors (Lipinski definition) is 2. The summed E-state index contributed by atoms with van der Waals surface area (Å²) in [7, 11) is 0. The number of ether oxygens (including phenoxy) is 1. The lowest BCUT2D eigenvalue weighted by atomic mass is 9.78. The molecule has 7 nitrogen and oxygen atoms in total. The molecule has 2 N–H and O–H groups in total. The molecule has 2 fully saturated rings. The van der Waals surface area contributed by atoms with E-state index < -0.39 is 18.1 Å². The Hall–Kier alpha value is -3.00. The van der Waals surface area contributed by atoms with Gasteiger partial charge in [-0.05, 0) is 41.0 Å². The number of carbonyl (C=O) groups excluding carboxylic acids is 2. The molecule has 0 aromatic heterocycles. The quantitative estimate of drug-likeness (QED) is 0.654. The summed E-state index contributed by atoms with van der Waals surface area (Å²) in [6.45, 7) is 0.757. The van der Waals surface area contributed by atoms with Crippen LogP contribution in [-0.4, -0.2) is 64.7 Å². The zero-order valence-electron chi connectivity index (χ0n) is 18.8. The number of thioether (sulfide) groups is 1. The van der Waals surface area contributed by atoms with Crippen LogP contribution in [0.1, 0.15) is 36.3 Å². The Labute approximate surface area is 202 Å². The van der Waals surface area contributed by atoms with E-state index in [1.165, 1.54) is 27.2 Å². The first-order valence-electron chi connectivity index (χ1n) is 11.7. The number of nitrogens with one attached hydrogen (secondary N) is 1. The Kier molecular flexibility index (Phi) is 6.50. The average Bonchev–Trinajstić information content (AvgIpc) is 3.15. The van der Waals surface area contributed by atoms with Crippen molar-refractivity contribution >= 4 is 29.7 Å². The van der Waals surface area contributed by atoms with Gasteiger partial charge in [-0.25, -0.2) is 9.59 Å². The van der Waals surface area contributed by atoms with Gasteiger partial charge in [0.25, 0.3) is 0 Å². The van der Waals surface area contributed by atoms with Gasteiger partial charge >= 0.3 is 12.1 Å². The molecule has 1 heterocycles. The number of nitrogens with zero attached hydrogens (tertiary/aromatic N) is 1. The molecular weight excluding hydrogens is 452 g/mol. The molecule has 8 heteroatoms. The Morgan fingerprint density at radius 2 is 1.68 bits per heavy atom. The molecule has 34 heavy (non-hydrogen) atoms. The number of aliphatic carboxylic acids is 1. The molecule has 2 aromatic carbocycles. The van der Waals surface area contributed by atoms with Crippen LogP contribution in [0.4, 0.5) is 4.79 Å². The number of fused-ring (bicyclic) bond motifs is 3. The van der Waals surface area contributed by atoms with E-state index in [2.05, 4.69) is 29.6 Å². The molecule has 2 aliphatic carbocycles. The highest BCUT2D eigenvalue weighted by atomic mass is 32.2. The smallest absolute Gasteiger partial charge is 0.407 e. The van der Waals surface area contributed by atoms with Gasteiger partial charge in [0.05, 0.1) is 0 Å². The van der Waals surface area contributed by atoms with Gasteiger partial charge in [0.1, 0.15) is 12.6 Å². The van der Waals surface area contributed by atoms with Gasteiger partial charge in [-0.3, -0.25) is 4.79 Å². The summed E-state index contributed by atoms with van der Waals surface area (Å²) in [4.78, 5) is 38.0. The zero-order chi connectivity index (χ0) is 23.7. The maximum atomic E-state index is 12.6. The van der Waals surface area contributed by atoms with Crippen LogP contribution >= 0.6 is 11.8 Å². The topological polar surface area (TPSA) is 95.9 Å². The van der Waals surface area contributed by atoms with Gasteiger partial charge in [-0.2, -0.15) is 11.8 Å². The first-order chi connectivity index (χ1) is 16.5. The number of alkyl carbamates (subject to hydrolysis) is 1. The van der Waals surface area contributed by atoms with Crippen LogP contribution in [0.2, 0.25) is 0 Å². The number of carbonyl (C=O) groups is 3. The number of rotatable bonds is 6. The van der Waals surface area contributed by atoms with Crippen LogP contribution < -0.4 is 5.32 Å². The Bertz CT molecular complexity index is 1050. The molecule has 1 atom stereocenters. The fourth-order valence-electron chi connectivity index (χ4n) is 5.30. The van der Waals surface area contributed by atoms with Crippen molar-refractivity contribution in [2.45, 2.75) is 37.3 Å². The van der Waals surface area contributed by atoms with Crippen LogP contribution in [0.25, 0.3) is 11.1 Å². The van der Waals surface area contributed by atoms with Crippen LogP contribution in [0.5, 0.6) is 0 Å². The molecule has 1 saturated heterocycles. The molecule has 0 radical (unpaired) electrons. The molecule has 1 unspecified atom stereocenters. The third-order valence-electron chi connectivity index (χ3n) is 7.10. The first-order valence-corrected chi connectivity index (χ1v) is 12.9. The minimum absolute atomic E-state index is 0.0133. The van der Waals surface area contributed by atoms with E-state index in [1.807, 2.05) is 24.3 Å². The number of hydrogen-bond acceptors (Lipinski definition) is 5. The summed E-state index contributed by atoms with van der Waals surface area (Å²) in [5, 5.41) is 12.3. The minimum Gasteiger partial charge on any atom is -0.480 e. The van der Waals surface area contributed by atoms with Crippen molar-refractivity contribution in [3.8, 4) is 11.1 Å². The highest BCUT2D eigenvalue weighted by molar-refractivity contribution is 7.99. The SMILES string of the molecule is O=C(NC1CC(CC(=O)N2CCSCC2C(=O)O)C1)OCC1c2ccccc2-c2ccccc21. The van der Waals surface area contributed by atoms with Crippen molar-refractivity contribution in [1.29, 1.82) is 0 Å². The summed E-state index contributed by atoms with van der Waals surface area (Å²) >= 11 is 1.57. The van der Waals surface area contributed by atoms with Crippen molar-refractivity contribution in [2.75, 3.05) is 24.7 Å². The lowest BCUT2D eigenvalue weighted by Crippen LogP contribution is -2.52. The maximum Gasteiger partial charge on any atom is 0.407 e. The highest BCUT2D eigenvalue weighted by Crippen LogP contribution is 2.44. The van der Waals surface area contributed by atoms with Gasteiger partial charge in [0, 0.05) is 36.4 Å². The van der Waals surface area contributed by atoms with Crippen molar-refractivity contribution in [2.24, 2.45) is 5.92 Å². The summed E-state index contributed by atoms with van der Waals surface area (Å²) in [6.07, 6.45) is 1.31. The van der Waals surface area contributed by atoms with Gasteiger partial charge in [-0.15, -0.1) is 0 Å². The largest absolute Gasteiger partial charge is 0.480 e. The lowest BCUT2D eigenvalue weighted by molar-refractivity contribution is -0.149. The standard InChI is InChI=1S/C26H28N2O5S/c29-24(28-9-10-34-15-23(28)25(30)31)13-16-11-17(12-16)27-26(32)33-14-22-20-7-3-1-5-18(20)19-6-2-4-8-21(19)22/h1-8,16-17,22-23H,9-15H2,(H,27,32)(H,30,31). The summed E-state index contributed by atoms with van der Waals surface area (Å²) in [5.41, 5.74) is 4.73. The second-order valence-corrected chi connectivity index (χ2v) is 10.4. The summed E-state index contributed by atoms with van der Waals surface area (Å²) in [6, 6.07) is 15.7. The fourth-order valence-corrected chi connectivity index (χ4v) is 6.34. The van der Waals surface area contributed by atoms with E-state index in [4.69, 9.17) is 4.74 Å². The van der Waals surface area contributed by atoms with E-state index in [1.54, 1.807) is 11.8 Å². The fraction of sp³-hybridized carbons (Fsp3) is 0.423. The van der Waals surface area contributed by atoms with E-state index in [0.717, 1.165) is 5.75 Å². The molecule has 1 aliphatic heterocycles. The molecule has 178 valence electrons. The van der Waals surface area contributed by atoms with Crippen molar-refractivity contribution in [3.63, 3.8) is 0 Å². The van der Waals surface area contributed by atoms with Gasteiger partial charge in [0.2, 0.25) is 5.91 Å². The van der Waals surface area contributed by atoms with Crippen molar-refractivity contribution in [1.82, 2.24) is 10.2 Å². The second-order valence-electron chi connectivity index (χ2n) is 9.22. The highest BCUT2D eigenvalue weighted by Gasteiger charge is 2.37. The zero-order valence-corrected chi connectivity index (χ0v) is 19.6. The van der Waals surface area contributed by atoms with E-state index >= 15 is 0 Å². The number of carboxylic acids is 1. The Balaban J connectivity index is 1.09. The predicted octanol–water partition coefficient (Wildman–Crippen LogP) is 3.72. The third-order valence-corrected chi connectivity index (χ3v) is 8.12. The van der Waals surface area contributed by atoms with E-state index in [9.17, 15) is 19.5 Å². The summed E-state index contributed by atoms with van der Waals surface area (Å²) < 4.78 is 5.61. The second kappa shape index (κ2) is 9.70. The molecule has 5 rings (SSSR count). The monoisotopic (exact) mass is 480 g/mol. The minimum atomic E-state index is -0.941. The van der Waals surface area contributed by atoms with Gasteiger partial charge in [0.15, 0.2) is 0 Å². The van der Waals surface area contributed by atoms with Gasteiger partial charge < -0.3 is 20.1 Å². The molecule has 0 spiro atoms. The van der Waals surface area contributed by atoms with E-state index in [0.29, 0.717) is 31.6 Å². The van der Waals surface area contributed by atoms with Crippen molar-refractivity contribution < 1.29 is 24.2 Å². The number of amides is 2. The van der Waals surface area contributed by atoms with Crippen LogP contribution in [0, 0.1) is 5.92 Å². The number of benzene rings is 2. The Morgan fingerprint density at radius 1 is 1.03 bits per heavy atom. The van der Waals surface area contributed by atoms with Crippen molar-refractivity contribution in [3.05, 3.63) is 59.7 Å². The maximum absolute atomic E-state index is 12.6. The number of carboxylic acid groups (broad SMARTS) is 1. The molecule has 3 aliphatic rings. The predicted molar refractivity (Wildman–Crippen MR) is 130 cm³/mol. The lowest BCUT2D eigenvalue weighted by Gasteiger charge is -2.38. The molecule has 2 aromatic rings. The van der Waals surface area contributed by atoms with Crippen LogP contribution in [0.3, 0.4) is 0 Å². The normalized spacial score (nSPS) is 23.4.